The number of piperidine rings is 1. The number of carbonyl (C=O) groups is 2. The van der Waals surface area contributed by atoms with E-state index in [-0.39, 0.29) is 23.8 Å². The molecule has 0 unspecified atom stereocenters. The quantitative estimate of drug-likeness (QED) is 0.479. The van der Waals surface area contributed by atoms with Crippen molar-refractivity contribution in [2.75, 3.05) is 18.4 Å². The molecule has 6 heteroatoms. The Bertz CT molecular complexity index is 1360. The molecule has 1 saturated heterocycles. The molecule has 3 aromatic carbocycles. The average molecular weight is 440 g/mol. The standard InChI is InChI=1S/C27H25N3O3/c31-25(28-22-13-5-2-10-19(22)27(33)29-16-8-1-9-17-29)18-30-23-14-6-3-11-20(23)26(32)21-12-4-7-15-24(21)30/h2-7,10-15H,1,8-9,16-18H2,(H,28,31). The molecule has 1 aliphatic heterocycles. The predicted molar refractivity (Wildman–Crippen MR) is 131 cm³/mol. The largest absolute Gasteiger partial charge is 0.339 e. The van der Waals surface area contributed by atoms with Gasteiger partial charge in [0, 0.05) is 23.9 Å². The van der Waals surface area contributed by atoms with Crippen LogP contribution in [0.15, 0.2) is 77.6 Å². The third-order valence-electron chi connectivity index (χ3n) is 6.26. The van der Waals surface area contributed by atoms with Crippen LogP contribution in [0.1, 0.15) is 29.6 Å². The first-order chi connectivity index (χ1) is 16.1. The summed E-state index contributed by atoms with van der Waals surface area (Å²) in [5.74, 6) is -0.308. The Morgan fingerprint density at radius 2 is 1.33 bits per heavy atom. The highest BCUT2D eigenvalue weighted by Crippen LogP contribution is 2.22. The van der Waals surface area contributed by atoms with Gasteiger partial charge in [0.2, 0.25) is 5.91 Å². The molecule has 1 fully saturated rings. The molecule has 5 rings (SSSR count). The van der Waals surface area contributed by atoms with Gasteiger partial charge in [-0.15, -0.1) is 0 Å². The highest BCUT2D eigenvalue weighted by molar-refractivity contribution is 6.04. The van der Waals surface area contributed by atoms with Gasteiger partial charge in [0.1, 0.15) is 6.54 Å². The molecule has 1 N–H and O–H groups in total. The van der Waals surface area contributed by atoms with Gasteiger partial charge in [-0.3, -0.25) is 14.4 Å². The molecule has 33 heavy (non-hydrogen) atoms. The van der Waals surface area contributed by atoms with Gasteiger partial charge >= 0.3 is 0 Å². The lowest BCUT2D eigenvalue weighted by atomic mass is 10.1. The lowest BCUT2D eigenvalue weighted by Gasteiger charge is -2.27. The average Bonchev–Trinajstić information content (AvgIpc) is 2.87. The van der Waals surface area contributed by atoms with Crippen LogP contribution in [-0.4, -0.2) is 34.4 Å². The second kappa shape index (κ2) is 8.90. The van der Waals surface area contributed by atoms with Gasteiger partial charge in [-0.25, -0.2) is 0 Å². The van der Waals surface area contributed by atoms with Gasteiger partial charge in [0.15, 0.2) is 5.43 Å². The summed E-state index contributed by atoms with van der Waals surface area (Å²) in [5.41, 5.74) is 2.37. The first-order valence-corrected chi connectivity index (χ1v) is 11.3. The van der Waals surface area contributed by atoms with Gasteiger partial charge in [-0.05, 0) is 55.7 Å². The van der Waals surface area contributed by atoms with E-state index in [0.29, 0.717) is 33.1 Å². The van der Waals surface area contributed by atoms with Crippen LogP contribution in [-0.2, 0) is 11.3 Å². The van der Waals surface area contributed by atoms with Crippen molar-refractivity contribution in [3.63, 3.8) is 0 Å². The van der Waals surface area contributed by atoms with Gasteiger partial charge in [0.25, 0.3) is 5.91 Å². The monoisotopic (exact) mass is 439 g/mol. The molecule has 2 amide bonds. The molecule has 2 heterocycles. The first-order valence-electron chi connectivity index (χ1n) is 11.3. The highest BCUT2D eigenvalue weighted by atomic mass is 16.2. The van der Waals surface area contributed by atoms with Crippen LogP contribution in [0.5, 0.6) is 0 Å². The number of anilines is 1. The van der Waals surface area contributed by atoms with E-state index in [1.54, 1.807) is 24.3 Å². The number of benzene rings is 3. The second-order valence-electron chi connectivity index (χ2n) is 8.40. The molecule has 6 nitrogen and oxygen atoms in total. The number of nitrogens with one attached hydrogen (secondary N) is 1. The number of likely N-dealkylation sites (tertiary alicyclic amines) is 1. The molecular weight excluding hydrogens is 414 g/mol. The summed E-state index contributed by atoms with van der Waals surface area (Å²) in [6.45, 7) is 1.51. The molecule has 0 radical (unpaired) electrons. The minimum Gasteiger partial charge on any atom is -0.339 e. The summed E-state index contributed by atoms with van der Waals surface area (Å²) in [6, 6.07) is 21.8. The number of pyridine rings is 1. The van der Waals surface area contributed by atoms with Gasteiger partial charge in [-0.2, -0.15) is 0 Å². The minimum atomic E-state index is -0.257. The number of aromatic nitrogens is 1. The van der Waals surface area contributed by atoms with Crippen LogP contribution in [0.4, 0.5) is 5.69 Å². The van der Waals surface area contributed by atoms with Crippen LogP contribution in [0, 0.1) is 0 Å². The van der Waals surface area contributed by atoms with Crippen molar-refractivity contribution < 1.29 is 9.59 Å². The molecule has 166 valence electrons. The number of hydrogen-bond donors (Lipinski definition) is 1. The summed E-state index contributed by atoms with van der Waals surface area (Å²) in [6.07, 6.45) is 3.16. The molecule has 0 atom stereocenters. The third-order valence-corrected chi connectivity index (χ3v) is 6.26. The zero-order chi connectivity index (χ0) is 22.8. The van der Waals surface area contributed by atoms with E-state index in [2.05, 4.69) is 5.32 Å². The van der Waals surface area contributed by atoms with E-state index in [1.807, 2.05) is 58.0 Å². The number of nitrogens with zero attached hydrogens (tertiary/aromatic N) is 2. The summed E-state index contributed by atoms with van der Waals surface area (Å²) >= 11 is 0. The summed E-state index contributed by atoms with van der Waals surface area (Å²) in [4.78, 5) is 41.0. The Morgan fingerprint density at radius 1 is 0.758 bits per heavy atom. The smallest absolute Gasteiger partial charge is 0.255 e. The summed E-state index contributed by atoms with van der Waals surface area (Å²) < 4.78 is 1.86. The molecule has 1 aliphatic rings. The van der Waals surface area contributed by atoms with Crippen molar-refractivity contribution in [1.29, 1.82) is 0 Å². The van der Waals surface area contributed by atoms with E-state index in [1.165, 1.54) is 0 Å². The fraction of sp³-hybridized carbons (Fsp3) is 0.222. The van der Waals surface area contributed by atoms with Crippen LogP contribution in [0.2, 0.25) is 0 Å². The van der Waals surface area contributed by atoms with Crippen LogP contribution >= 0.6 is 0 Å². The molecule has 1 aromatic heterocycles. The number of hydrogen-bond acceptors (Lipinski definition) is 3. The van der Waals surface area contributed by atoms with Crippen LogP contribution < -0.4 is 10.7 Å². The third kappa shape index (κ3) is 4.00. The Labute approximate surface area is 191 Å². The van der Waals surface area contributed by atoms with E-state index in [0.717, 1.165) is 32.4 Å². The van der Waals surface area contributed by atoms with Gasteiger partial charge < -0.3 is 14.8 Å². The van der Waals surface area contributed by atoms with Crippen molar-refractivity contribution in [2.24, 2.45) is 0 Å². The van der Waals surface area contributed by atoms with Gasteiger partial charge in [0.05, 0.1) is 22.3 Å². The molecule has 0 aliphatic carbocycles. The minimum absolute atomic E-state index is 0.0214. The summed E-state index contributed by atoms with van der Waals surface area (Å²) in [7, 11) is 0. The zero-order valence-electron chi connectivity index (χ0n) is 18.3. The maximum Gasteiger partial charge on any atom is 0.255 e. The zero-order valence-corrected chi connectivity index (χ0v) is 18.3. The SMILES string of the molecule is O=C(Cn1c2ccccc2c(=O)c2ccccc21)Nc1ccccc1C(=O)N1CCCCC1. The van der Waals surface area contributed by atoms with Gasteiger partial charge in [-0.1, -0.05) is 36.4 Å². The predicted octanol–water partition coefficient (Wildman–Crippen LogP) is 4.42. The Balaban J connectivity index is 1.48. The van der Waals surface area contributed by atoms with Crippen molar-refractivity contribution in [1.82, 2.24) is 9.47 Å². The number of rotatable bonds is 4. The fourth-order valence-corrected chi connectivity index (χ4v) is 4.63. The molecule has 4 aromatic rings. The van der Waals surface area contributed by atoms with E-state index >= 15 is 0 Å². The normalized spacial score (nSPS) is 13.9. The van der Waals surface area contributed by atoms with Crippen molar-refractivity contribution in [3.05, 3.63) is 88.6 Å². The Hall–Kier alpha value is -3.93. The molecular formula is C27H25N3O3. The van der Waals surface area contributed by atoms with Crippen LogP contribution in [0.25, 0.3) is 21.8 Å². The fourth-order valence-electron chi connectivity index (χ4n) is 4.63. The summed E-state index contributed by atoms with van der Waals surface area (Å²) in [5, 5.41) is 4.09. The topological polar surface area (TPSA) is 71.4 Å². The van der Waals surface area contributed by atoms with E-state index in [9.17, 15) is 14.4 Å². The Kier molecular flexibility index (Phi) is 5.65. The number of fused-ring (bicyclic) bond motifs is 2. The van der Waals surface area contributed by atoms with Crippen molar-refractivity contribution >= 4 is 39.3 Å². The molecule has 0 spiro atoms. The van der Waals surface area contributed by atoms with Crippen molar-refractivity contribution in [2.45, 2.75) is 25.8 Å². The highest BCUT2D eigenvalue weighted by Gasteiger charge is 2.21. The Morgan fingerprint density at radius 3 is 2.00 bits per heavy atom. The lowest BCUT2D eigenvalue weighted by Crippen LogP contribution is -2.36. The lowest BCUT2D eigenvalue weighted by molar-refractivity contribution is -0.116. The van der Waals surface area contributed by atoms with E-state index in [4.69, 9.17) is 0 Å². The number of carbonyl (C=O) groups excluding carboxylic acids is 2. The molecule has 0 saturated carbocycles. The van der Waals surface area contributed by atoms with E-state index < -0.39 is 0 Å². The maximum atomic E-state index is 13.2. The maximum absolute atomic E-state index is 13.2. The number of amides is 2. The first kappa shape index (κ1) is 20.9. The molecule has 0 bridgehead atoms. The second-order valence-corrected chi connectivity index (χ2v) is 8.40. The number of para-hydroxylation sites is 3. The van der Waals surface area contributed by atoms with Crippen LogP contribution in [0.3, 0.4) is 0 Å². The van der Waals surface area contributed by atoms with Crippen molar-refractivity contribution in [3.8, 4) is 0 Å².